The zero-order valence-corrected chi connectivity index (χ0v) is 32.3. The lowest BCUT2D eigenvalue weighted by Gasteiger charge is -2.36. The van der Waals surface area contributed by atoms with Crippen LogP contribution in [0.25, 0.3) is 11.0 Å². The molecule has 0 atom stereocenters. The molecule has 1 fully saturated rings. The molecule has 0 unspecified atom stereocenters. The third-order valence-corrected chi connectivity index (χ3v) is 10.00. The molecule has 4 N–H and O–H groups in total. The predicted molar refractivity (Wildman–Crippen MR) is 212 cm³/mol. The van der Waals surface area contributed by atoms with Crippen LogP contribution >= 0.6 is 0 Å². The molecule has 288 valence electrons. The van der Waals surface area contributed by atoms with E-state index in [2.05, 4.69) is 57.5 Å². The Balaban J connectivity index is 1.11. The first kappa shape index (κ1) is 40.7. The van der Waals surface area contributed by atoms with Gasteiger partial charge >= 0.3 is 0 Å². The minimum absolute atomic E-state index is 0.141. The van der Waals surface area contributed by atoms with Crippen molar-refractivity contribution in [2.24, 2.45) is 0 Å². The number of nitrogen functional groups attached to an aromatic ring is 1. The summed E-state index contributed by atoms with van der Waals surface area (Å²) in [7, 11) is 1.69. The largest absolute Gasteiger partial charge is 0.496 e. The zero-order valence-electron chi connectivity index (χ0n) is 32.3. The summed E-state index contributed by atoms with van der Waals surface area (Å²) in [4.78, 5) is 38.2. The number of hydrogen-bond acceptors (Lipinski definition) is 9. The highest BCUT2D eigenvalue weighted by atomic mass is 16.5. The molecule has 0 saturated carbocycles. The van der Waals surface area contributed by atoms with Gasteiger partial charge in [-0.25, -0.2) is 4.98 Å². The van der Waals surface area contributed by atoms with Crippen molar-refractivity contribution < 1.29 is 14.3 Å². The van der Waals surface area contributed by atoms with Crippen LogP contribution in [0.4, 0.5) is 17.5 Å². The number of carbonyl (C=O) groups excluding carboxylic acids is 2. The van der Waals surface area contributed by atoms with E-state index in [4.69, 9.17) is 15.6 Å². The van der Waals surface area contributed by atoms with Crippen molar-refractivity contribution in [3.8, 4) is 5.75 Å². The Morgan fingerprint density at radius 3 is 2.17 bits per heavy atom. The van der Waals surface area contributed by atoms with Crippen molar-refractivity contribution in [3.05, 3.63) is 30.0 Å². The average molecular weight is 720 g/mol. The van der Waals surface area contributed by atoms with E-state index in [1.807, 2.05) is 15.8 Å². The van der Waals surface area contributed by atoms with Crippen LogP contribution in [0.5, 0.6) is 5.75 Å². The van der Waals surface area contributed by atoms with Crippen LogP contribution in [0, 0.1) is 0 Å². The minimum Gasteiger partial charge on any atom is -0.496 e. The highest BCUT2D eigenvalue weighted by molar-refractivity contribution is 5.85. The fourth-order valence-electron chi connectivity index (χ4n) is 6.84. The second kappa shape index (κ2) is 22.8. The Labute approximate surface area is 311 Å². The number of rotatable bonds is 25. The van der Waals surface area contributed by atoms with Crippen molar-refractivity contribution >= 4 is 40.3 Å². The molecule has 2 aromatic heterocycles. The quantitative estimate of drug-likeness (QED) is 0.0768. The van der Waals surface area contributed by atoms with E-state index in [9.17, 15) is 9.59 Å². The van der Waals surface area contributed by atoms with Gasteiger partial charge in [-0.15, -0.1) is 0 Å². The molecule has 1 aliphatic rings. The van der Waals surface area contributed by atoms with Gasteiger partial charge in [0.1, 0.15) is 11.3 Å². The summed E-state index contributed by atoms with van der Waals surface area (Å²) >= 11 is 0. The lowest BCUT2D eigenvalue weighted by atomic mass is 10.1. The Hall–Kier alpha value is -4.09. The number of ether oxygens (including phenoxy) is 1. The number of amides is 2. The van der Waals surface area contributed by atoms with E-state index in [-0.39, 0.29) is 17.8 Å². The predicted octanol–water partition coefficient (Wildman–Crippen LogP) is 7.31. The van der Waals surface area contributed by atoms with Gasteiger partial charge in [0.05, 0.1) is 19.9 Å². The third kappa shape index (κ3) is 13.5. The number of piperazine rings is 1. The van der Waals surface area contributed by atoms with E-state index >= 15 is 0 Å². The van der Waals surface area contributed by atoms with Crippen LogP contribution in [0.3, 0.4) is 0 Å². The molecule has 52 heavy (non-hydrogen) atoms. The van der Waals surface area contributed by atoms with Gasteiger partial charge in [0.2, 0.25) is 17.8 Å². The molecule has 3 aromatic rings. The summed E-state index contributed by atoms with van der Waals surface area (Å²) in [5.41, 5.74) is 9.44. The fourth-order valence-corrected chi connectivity index (χ4v) is 6.84. The van der Waals surface area contributed by atoms with Crippen molar-refractivity contribution in [2.75, 3.05) is 62.3 Å². The average Bonchev–Trinajstić information content (AvgIpc) is 3.56. The van der Waals surface area contributed by atoms with Crippen molar-refractivity contribution in [3.63, 3.8) is 0 Å². The number of fused-ring (bicyclic) bond motifs is 1. The number of unbranched alkanes of at least 4 members (excludes halogenated alkanes) is 12. The van der Waals surface area contributed by atoms with Gasteiger partial charge in [0, 0.05) is 69.4 Å². The minimum atomic E-state index is 0.141. The van der Waals surface area contributed by atoms with E-state index in [1.54, 1.807) is 7.11 Å². The Morgan fingerprint density at radius 2 is 1.48 bits per heavy atom. The second-order valence-corrected chi connectivity index (χ2v) is 14.2. The van der Waals surface area contributed by atoms with Crippen molar-refractivity contribution in [1.29, 1.82) is 0 Å². The number of nitrogens with one attached hydrogen (secondary N) is 2. The standard InChI is InChI=1S/C40H65N9O3/c1-4-6-8-9-10-11-12-13-14-15-16-19-36(50)42-24-18-17-20-37(51)48-27-25-47(26-28-48)33-22-21-32(35(29-33)52-3)30-49-31-34-38(46-49)39(43-23-7-5-2)45-40(41)44-34/h21-22,29,31H,4-20,23-28,30H2,1-3H3,(H,42,50)(H3,41,43,44,45). The molecular formula is C40H65N9O3. The van der Waals surface area contributed by atoms with Crippen LogP contribution in [-0.4, -0.2) is 82.8 Å². The lowest BCUT2D eigenvalue weighted by molar-refractivity contribution is -0.131. The smallest absolute Gasteiger partial charge is 0.222 e. The number of aromatic nitrogens is 4. The first-order valence-electron chi connectivity index (χ1n) is 20.1. The van der Waals surface area contributed by atoms with Crippen molar-refractivity contribution in [1.82, 2.24) is 30.0 Å². The summed E-state index contributed by atoms with van der Waals surface area (Å²) in [5.74, 6) is 2.00. The summed E-state index contributed by atoms with van der Waals surface area (Å²) < 4.78 is 7.65. The SMILES string of the molecule is CCCCCCCCCCCCCC(=O)NCCCCC(=O)N1CCN(c2ccc(Cn3cc4nc(N)nc(NCCCC)c4n3)c(OC)c2)CC1. The Bertz CT molecular complexity index is 1500. The molecule has 0 aliphatic carbocycles. The Kier molecular flexibility index (Phi) is 17.8. The van der Waals surface area contributed by atoms with E-state index in [0.717, 1.165) is 75.2 Å². The number of nitrogens with two attached hydrogens (primary N) is 1. The van der Waals surface area contributed by atoms with Gasteiger partial charge in [-0.3, -0.25) is 14.3 Å². The molecule has 1 saturated heterocycles. The van der Waals surface area contributed by atoms with Crippen molar-refractivity contribution in [2.45, 2.75) is 130 Å². The topological polar surface area (TPSA) is 144 Å². The summed E-state index contributed by atoms with van der Waals surface area (Å²) in [6.07, 6.45) is 20.9. The summed E-state index contributed by atoms with van der Waals surface area (Å²) in [6.45, 7) is 9.28. The highest BCUT2D eigenvalue weighted by Crippen LogP contribution is 2.28. The molecule has 0 bridgehead atoms. The van der Waals surface area contributed by atoms with Gasteiger partial charge < -0.3 is 30.9 Å². The van der Waals surface area contributed by atoms with Crippen LogP contribution in [0.15, 0.2) is 24.4 Å². The summed E-state index contributed by atoms with van der Waals surface area (Å²) in [5, 5.41) is 11.1. The monoisotopic (exact) mass is 720 g/mol. The summed E-state index contributed by atoms with van der Waals surface area (Å²) in [6, 6.07) is 6.26. The number of hydrogen-bond donors (Lipinski definition) is 3. The van der Waals surface area contributed by atoms with E-state index in [1.165, 1.54) is 57.8 Å². The molecule has 3 heterocycles. The van der Waals surface area contributed by atoms with Crippen LogP contribution in [0.1, 0.15) is 129 Å². The number of methoxy groups -OCH3 is 1. The maximum absolute atomic E-state index is 12.9. The van der Waals surface area contributed by atoms with Gasteiger partial charge in [0.15, 0.2) is 11.3 Å². The van der Waals surface area contributed by atoms with Gasteiger partial charge in [-0.1, -0.05) is 90.5 Å². The maximum atomic E-state index is 12.9. The zero-order chi connectivity index (χ0) is 37.0. The van der Waals surface area contributed by atoms with Gasteiger partial charge in [0.25, 0.3) is 0 Å². The fraction of sp³-hybridized carbons (Fsp3) is 0.675. The van der Waals surface area contributed by atoms with E-state index < -0.39 is 0 Å². The second-order valence-electron chi connectivity index (χ2n) is 14.2. The highest BCUT2D eigenvalue weighted by Gasteiger charge is 2.22. The number of anilines is 3. The lowest BCUT2D eigenvalue weighted by Crippen LogP contribution is -2.48. The van der Waals surface area contributed by atoms with Crippen LogP contribution < -0.4 is 26.0 Å². The number of nitrogens with zero attached hydrogens (tertiary/aromatic N) is 6. The normalized spacial score (nSPS) is 13.1. The maximum Gasteiger partial charge on any atom is 0.222 e. The Morgan fingerprint density at radius 1 is 0.808 bits per heavy atom. The molecule has 1 aliphatic heterocycles. The first-order chi connectivity index (χ1) is 25.4. The van der Waals surface area contributed by atoms with E-state index in [0.29, 0.717) is 55.9 Å². The molecule has 2 amide bonds. The molecule has 0 spiro atoms. The van der Waals surface area contributed by atoms with Gasteiger partial charge in [-0.05, 0) is 31.7 Å². The molecule has 12 heteroatoms. The first-order valence-corrected chi connectivity index (χ1v) is 20.1. The number of benzene rings is 1. The molecule has 12 nitrogen and oxygen atoms in total. The number of carbonyl (C=O) groups is 2. The van der Waals surface area contributed by atoms with Crippen LogP contribution in [-0.2, 0) is 16.1 Å². The molecular weight excluding hydrogens is 654 g/mol. The molecule has 1 aromatic carbocycles. The van der Waals surface area contributed by atoms with Gasteiger partial charge in [-0.2, -0.15) is 10.1 Å². The third-order valence-electron chi connectivity index (χ3n) is 10.00. The molecule has 4 rings (SSSR count). The van der Waals surface area contributed by atoms with Crippen LogP contribution in [0.2, 0.25) is 0 Å². The molecule has 0 radical (unpaired) electrons.